The fourth-order valence-electron chi connectivity index (χ4n) is 2.39. The van der Waals surface area contributed by atoms with Crippen LogP contribution in [0.15, 0.2) is 24.3 Å². The number of urea groups is 1. The predicted octanol–water partition coefficient (Wildman–Crippen LogP) is 2.95. The van der Waals surface area contributed by atoms with E-state index < -0.39 is 11.7 Å². The van der Waals surface area contributed by atoms with Crippen LogP contribution < -0.4 is 10.2 Å². The van der Waals surface area contributed by atoms with Crippen molar-refractivity contribution in [1.82, 2.24) is 10.2 Å². The fourth-order valence-corrected chi connectivity index (χ4v) is 2.39. The molecule has 0 bridgehead atoms. The number of rotatable bonds is 3. The Morgan fingerprint density at radius 3 is 2.50 bits per heavy atom. The number of piperazine rings is 1. The largest absolute Gasteiger partial charge is 0.416 e. The van der Waals surface area contributed by atoms with Gasteiger partial charge in [0.25, 0.3) is 0 Å². The Morgan fingerprint density at radius 1 is 1.23 bits per heavy atom. The summed E-state index contributed by atoms with van der Waals surface area (Å²) in [4.78, 5) is 15.4. The molecule has 1 fully saturated rings. The second-order valence-electron chi connectivity index (χ2n) is 5.25. The van der Waals surface area contributed by atoms with Crippen molar-refractivity contribution < 1.29 is 18.0 Å². The van der Waals surface area contributed by atoms with Crippen LogP contribution in [0.4, 0.5) is 23.7 Å². The third kappa shape index (κ3) is 4.05. The molecule has 1 saturated heterocycles. The van der Waals surface area contributed by atoms with Gasteiger partial charge >= 0.3 is 12.2 Å². The number of hydrogen-bond donors (Lipinski definition) is 1. The molecule has 1 heterocycles. The zero-order valence-electron chi connectivity index (χ0n) is 12.5. The van der Waals surface area contributed by atoms with E-state index >= 15 is 0 Å². The van der Waals surface area contributed by atoms with E-state index in [1.165, 1.54) is 6.07 Å². The first kappa shape index (κ1) is 16.5. The number of nitrogens with one attached hydrogen (secondary N) is 1. The number of carbonyl (C=O) groups excluding carboxylic acids is 1. The van der Waals surface area contributed by atoms with Gasteiger partial charge in [-0.2, -0.15) is 13.2 Å². The van der Waals surface area contributed by atoms with Crippen molar-refractivity contribution in [2.24, 2.45) is 0 Å². The van der Waals surface area contributed by atoms with Gasteiger partial charge in [-0.15, -0.1) is 0 Å². The zero-order valence-corrected chi connectivity index (χ0v) is 12.5. The molecule has 0 aliphatic carbocycles. The van der Waals surface area contributed by atoms with Gasteiger partial charge in [-0.25, -0.2) is 4.79 Å². The van der Waals surface area contributed by atoms with Crippen LogP contribution in [0.2, 0.25) is 0 Å². The summed E-state index contributed by atoms with van der Waals surface area (Å²) < 4.78 is 38.2. The predicted molar refractivity (Wildman–Crippen MR) is 78.9 cm³/mol. The van der Waals surface area contributed by atoms with Crippen LogP contribution in [0, 0.1) is 0 Å². The van der Waals surface area contributed by atoms with E-state index in [1.54, 1.807) is 11.0 Å². The summed E-state index contributed by atoms with van der Waals surface area (Å²) in [6.45, 7) is 4.68. The summed E-state index contributed by atoms with van der Waals surface area (Å²) in [7, 11) is 0. The number of carbonyl (C=O) groups is 1. The summed E-state index contributed by atoms with van der Waals surface area (Å²) in [5, 5.41) is 2.81. The van der Waals surface area contributed by atoms with Crippen molar-refractivity contribution in [2.45, 2.75) is 19.5 Å². The van der Waals surface area contributed by atoms with E-state index in [0.29, 0.717) is 38.4 Å². The number of nitrogens with zero attached hydrogens (tertiary/aromatic N) is 2. The minimum Gasteiger partial charge on any atom is -0.368 e. The third-order valence-corrected chi connectivity index (χ3v) is 3.63. The summed E-state index contributed by atoms with van der Waals surface area (Å²) in [5.41, 5.74) is -0.100. The van der Waals surface area contributed by atoms with E-state index in [2.05, 4.69) is 5.32 Å². The molecule has 2 rings (SSSR count). The fraction of sp³-hybridized carbons (Fsp3) is 0.533. The van der Waals surface area contributed by atoms with Gasteiger partial charge in [0.2, 0.25) is 0 Å². The highest BCUT2D eigenvalue weighted by atomic mass is 19.4. The van der Waals surface area contributed by atoms with Crippen molar-refractivity contribution in [3.8, 4) is 0 Å². The number of anilines is 1. The first-order chi connectivity index (χ1) is 10.4. The van der Waals surface area contributed by atoms with Crippen molar-refractivity contribution in [1.29, 1.82) is 0 Å². The van der Waals surface area contributed by atoms with Crippen molar-refractivity contribution in [3.05, 3.63) is 29.8 Å². The maximum atomic E-state index is 12.7. The highest BCUT2D eigenvalue weighted by Crippen LogP contribution is 2.31. The lowest BCUT2D eigenvalue weighted by Crippen LogP contribution is -2.52. The molecule has 0 saturated carbocycles. The number of alkyl halides is 3. The molecule has 0 spiro atoms. The topological polar surface area (TPSA) is 35.6 Å². The molecule has 2 amide bonds. The lowest BCUT2D eigenvalue weighted by Gasteiger charge is -2.36. The Balaban J connectivity index is 1.96. The number of hydrogen-bond acceptors (Lipinski definition) is 2. The summed E-state index contributed by atoms with van der Waals surface area (Å²) in [5.74, 6) is 0. The van der Waals surface area contributed by atoms with Crippen LogP contribution in [0.5, 0.6) is 0 Å². The van der Waals surface area contributed by atoms with E-state index in [4.69, 9.17) is 0 Å². The van der Waals surface area contributed by atoms with E-state index in [-0.39, 0.29) is 6.03 Å². The molecule has 1 aliphatic rings. The van der Waals surface area contributed by atoms with Crippen molar-refractivity contribution in [2.75, 3.05) is 37.6 Å². The van der Waals surface area contributed by atoms with E-state index in [0.717, 1.165) is 18.6 Å². The first-order valence-electron chi connectivity index (χ1n) is 7.37. The molecule has 1 aromatic rings. The minimum atomic E-state index is -4.34. The van der Waals surface area contributed by atoms with Gasteiger partial charge in [-0.05, 0) is 24.6 Å². The molecule has 0 aromatic heterocycles. The number of halogens is 3. The summed E-state index contributed by atoms with van der Waals surface area (Å²) >= 11 is 0. The highest BCUT2D eigenvalue weighted by Gasteiger charge is 2.31. The van der Waals surface area contributed by atoms with Crippen molar-refractivity contribution in [3.63, 3.8) is 0 Å². The highest BCUT2D eigenvalue weighted by molar-refractivity contribution is 5.74. The van der Waals surface area contributed by atoms with E-state index in [1.807, 2.05) is 11.8 Å². The van der Waals surface area contributed by atoms with Gasteiger partial charge < -0.3 is 15.1 Å². The quantitative estimate of drug-likeness (QED) is 0.931. The lowest BCUT2D eigenvalue weighted by molar-refractivity contribution is -0.137. The summed E-state index contributed by atoms with van der Waals surface area (Å²) in [6, 6.07) is 5.20. The Hall–Kier alpha value is -1.92. The van der Waals surface area contributed by atoms with Gasteiger partial charge in [0.1, 0.15) is 0 Å². The van der Waals surface area contributed by atoms with Gasteiger partial charge in [0.05, 0.1) is 5.56 Å². The Kier molecular flexibility index (Phi) is 5.15. The summed E-state index contributed by atoms with van der Waals surface area (Å²) in [6.07, 6.45) is -3.46. The molecule has 122 valence electrons. The van der Waals surface area contributed by atoms with Gasteiger partial charge in [-0.1, -0.05) is 13.0 Å². The molecular weight excluding hydrogens is 295 g/mol. The average molecular weight is 315 g/mol. The molecule has 4 nitrogen and oxygen atoms in total. The third-order valence-electron chi connectivity index (χ3n) is 3.63. The van der Waals surface area contributed by atoms with Crippen LogP contribution in [-0.2, 0) is 6.18 Å². The SMILES string of the molecule is CCCNC(=O)N1CCN(c2cccc(C(F)(F)F)c2)CC1. The normalized spacial score (nSPS) is 15.8. The van der Waals surface area contributed by atoms with E-state index in [9.17, 15) is 18.0 Å². The van der Waals surface area contributed by atoms with Crippen LogP contribution >= 0.6 is 0 Å². The standard InChI is InChI=1S/C15H20F3N3O/c1-2-6-19-14(22)21-9-7-20(8-10-21)13-5-3-4-12(11-13)15(16,17)18/h3-5,11H,2,6-10H2,1H3,(H,19,22). The van der Waals surface area contributed by atoms with Crippen LogP contribution in [-0.4, -0.2) is 43.7 Å². The lowest BCUT2D eigenvalue weighted by atomic mass is 10.1. The monoisotopic (exact) mass is 315 g/mol. The Labute approximate surface area is 127 Å². The van der Waals surface area contributed by atoms with Crippen LogP contribution in [0.1, 0.15) is 18.9 Å². The minimum absolute atomic E-state index is 0.106. The molecule has 7 heteroatoms. The molecule has 1 aliphatic heterocycles. The molecule has 0 unspecified atom stereocenters. The average Bonchev–Trinajstić information content (AvgIpc) is 2.52. The number of amides is 2. The second-order valence-corrected chi connectivity index (χ2v) is 5.25. The van der Waals surface area contributed by atoms with Gasteiger partial charge in [0, 0.05) is 38.4 Å². The first-order valence-corrected chi connectivity index (χ1v) is 7.37. The van der Waals surface area contributed by atoms with Gasteiger partial charge in [0.15, 0.2) is 0 Å². The maximum absolute atomic E-state index is 12.7. The number of benzene rings is 1. The van der Waals surface area contributed by atoms with Gasteiger partial charge in [-0.3, -0.25) is 0 Å². The van der Waals surface area contributed by atoms with Crippen LogP contribution in [0.25, 0.3) is 0 Å². The second kappa shape index (κ2) is 6.89. The zero-order chi connectivity index (χ0) is 16.2. The molecule has 1 N–H and O–H groups in total. The maximum Gasteiger partial charge on any atom is 0.416 e. The molecule has 1 aromatic carbocycles. The molecular formula is C15H20F3N3O. The Morgan fingerprint density at radius 2 is 1.91 bits per heavy atom. The van der Waals surface area contributed by atoms with Crippen LogP contribution in [0.3, 0.4) is 0 Å². The van der Waals surface area contributed by atoms with Crippen molar-refractivity contribution >= 4 is 11.7 Å². The molecule has 22 heavy (non-hydrogen) atoms. The molecule has 0 radical (unpaired) electrons. The smallest absolute Gasteiger partial charge is 0.368 e. The Bertz CT molecular complexity index is 511. The molecule has 0 atom stereocenters.